The number of hydrogen-bond acceptors (Lipinski definition) is 3. The Morgan fingerprint density at radius 3 is 2.47 bits per heavy atom. The Morgan fingerprint density at radius 1 is 0.967 bits per heavy atom. The molecule has 0 N–H and O–H groups in total. The minimum Gasteiger partial charge on any atom is -0.370 e. The standard InChI is InChI=1S/C26H24N4/c1-19-5-9-22(10-6-19)26-23(21-11-7-20(18-27)8-12-21)17-25-24(13-14-28-30(25)26)29-15-3-2-4-16-29/h5-14,17H,2-4,15-16H2,1H3/i3D. The Bertz CT molecular complexity index is 1270. The van der Waals surface area contributed by atoms with Crippen molar-refractivity contribution in [2.75, 3.05) is 18.0 Å². The SMILES string of the molecule is [2H]C1CCCN(c2ccnn3c(-c4ccc(C)cc4)c(-c4ccc(C#N)cc4)cc23)C1. The van der Waals surface area contributed by atoms with Crippen molar-refractivity contribution in [2.24, 2.45) is 0 Å². The van der Waals surface area contributed by atoms with Crippen LogP contribution >= 0.6 is 0 Å². The molecule has 0 spiro atoms. The van der Waals surface area contributed by atoms with Gasteiger partial charge in [0.1, 0.15) is 0 Å². The summed E-state index contributed by atoms with van der Waals surface area (Å²) in [6.07, 6.45) is 3.81. The van der Waals surface area contributed by atoms with Crippen molar-refractivity contribution in [3.63, 3.8) is 0 Å². The zero-order valence-corrected chi connectivity index (χ0v) is 17.0. The van der Waals surface area contributed by atoms with Crippen LogP contribution in [0.1, 0.15) is 31.7 Å². The second-order valence-electron chi connectivity index (χ2n) is 7.85. The monoisotopic (exact) mass is 393 g/mol. The predicted molar refractivity (Wildman–Crippen MR) is 122 cm³/mol. The predicted octanol–water partition coefficient (Wildman–Crippen LogP) is 5.84. The summed E-state index contributed by atoms with van der Waals surface area (Å²) in [6, 6.07) is 22.7. The number of anilines is 1. The lowest BCUT2D eigenvalue weighted by atomic mass is 10.00. The molecular weight excluding hydrogens is 368 g/mol. The average molecular weight is 394 g/mol. The maximum atomic E-state index is 9.19. The van der Waals surface area contributed by atoms with Gasteiger partial charge in [-0.2, -0.15) is 10.4 Å². The first-order valence-electron chi connectivity index (χ1n) is 11.0. The van der Waals surface area contributed by atoms with Crippen LogP contribution in [-0.2, 0) is 0 Å². The Kier molecular flexibility index (Phi) is 4.43. The number of fused-ring (bicyclic) bond motifs is 1. The van der Waals surface area contributed by atoms with E-state index in [1.165, 1.54) is 5.56 Å². The zero-order chi connectivity index (χ0) is 21.4. The van der Waals surface area contributed by atoms with Gasteiger partial charge in [0.05, 0.1) is 28.5 Å². The van der Waals surface area contributed by atoms with Crippen molar-refractivity contribution in [1.29, 1.82) is 5.26 Å². The minimum atomic E-state index is -0.0495. The third-order valence-electron chi connectivity index (χ3n) is 5.83. The van der Waals surface area contributed by atoms with Crippen molar-refractivity contribution in [3.8, 4) is 28.5 Å². The fourth-order valence-electron chi connectivity index (χ4n) is 4.24. The molecular formula is C26H24N4. The highest BCUT2D eigenvalue weighted by atomic mass is 15.2. The fraction of sp³-hybridized carbons (Fsp3) is 0.231. The maximum absolute atomic E-state index is 9.19. The van der Waals surface area contributed by atoms with Crippen LogP contribution in [0.4, 0.5) is 5.69 Å². The van der Waals surface area contributed by atoms with Gasteiger partial charge >= 0.3 is 0 Å². The second-order valence-corrected chi connectivity index (χ2v) is 7.85. The largest absolute Gasteiger partial charge is 0.370 e. The Labute approximate surface area is 178 Å². The molecule has 4 heteroatoms. The number of rotatable bonds is 3. The van der Waals surface area contributed by atoms with E-state index in [-0.39, 0.29) is 6.40 Å². The van der Waals surface area contributed by atoms with E-state index in [0.29, 0.717) is 5.56 Å². The molecule has 3 heterocycles. The summed E-state index contributed by atoms with van der Waals surface area (Å²) in [4.78, 5) is 2.32. The van der Waals surface area contributed by atoms with Gasteiger partial charge in [-0.05, 0) is 56.0 Å². The molecule has 1 unspecified atom stereocenters. The molecule has 0 radical (unpaired) electrons. The van der Waals surface area contributed by atoms with E-state index < -0.39 is 0 Å². The zero-order valence-electron chi connectivity index (χ0n) is 18.0. The number of nitriles is 1. The van der Waals surface area contributed by atoms with E-state index in [1.54, 1.807) is 0 Å². The molecule has 4 aromatic rings. The van der Waals surface area contributed by atoms with Gasteiger partial charge in [-0.1, -0.05) is 42.0 Å². The molecule has 0 aliphatic carbocycles. The fourth-order valence-corrected chi connectivity index (χ4v) is 4.24. The van der Waals surface area contributed by atoms with Crippen LogP contribution in [0.5, 0.6) is 0 Å². The van der Waals surface area contributed by atoms with Crippen LogP contribution in [0.3, 0.4) is 0 Å². The van der Waals surface area contributed by atoms with E-state index in [2.05, 4.69) is 54.3 Å². The quantitative estimate of drug-likeness (QED) is 0.439. The van der Waals surface area contributed by atoms with E-state index in [0.717, 1.165) is 59.5 Å². The summed E-state index contributed by atoms with van der Waals surface area (Å²) in [5.74, 6) is 0. The van der Waals surface area contributed by atoms with E-state index >= 15 is 0 Å². The lowest BCUT2D eigenvalue weighted by Crippen LogP contribution is -2.29. The van der Waals surface area contributed by atoms with Crippen molar-refractivity contribution >= 4 is 11.2 Å². The first-order chi connectivity index (χ1) is 15.1. The summed E-state index contributed by atoms with van der Waals surface area (Å²) < 4.78 is 10.3. The normalized spacial score (nSPS) is 17.0. The van der Waals surface area contributed by atoms with E-state index in [1.807, 2.05) is 35.0 Å². The molecule has 0 amide bonds. The smallest absolute Gasteiger partial charge is 0.0991 e. The number of nitrogens with zero attached hydrogens (tertiary/aromatic N) is 4. The van der Waals surface area contributed by atoms with Gasteiger partial charge in [0.2, 0.25) is 0 Å². The molecule has 2 aromatic heterocycles. The average Bonchev–Trinajstić information content (AvgIpc) is 3.19. The number of benzene rings is 2. The molecule has 0 saturated carbocycles. The molecule has 1 aliphatic rings. The van der Waals surface area contributed by atoms with Gasteiger partial charge in [-0.3, -0.25) is 0 Å². The third kappa shape index (κ3) is 3.23. The Balaban J connectivity index is 1.74. The van der Waals surface area contributed by atoms with Crippen LogP contribution in [0.15, 0.2) is 66.9 Å². The van der Waals surface area contributed by atoms with Gasteiger partial charge in [0, 0.05) is 31.8 Å². The molecule has 5 rings (SSSR count). The van der Waals surface area contributed by atoms with Gasteiger partial charge in [-0.25, -0.2) is 4.52 Å². The van der Waals surface area contributed by atoms with Crippen molar-refractivity contribution < 1.29 is 1.37 Å². The van der Waals surface area contributed by atoms with Crippen LogP contribution in [0, 0.1) is 18.3 Å². The molecule has 0 bridgehead atoms. The van der Waals surface area contributed by atoms with Crippen LogP contribution in [-0.4, -0.2) is 22.7 Å². The summed E-state index contributed by atoms with van der Waals surface area (Å²) >= 11 is 0. The lowest BCUT2D eigenvalue weighted by molar-refractivity contribution is 0.578. The summed E-state index contributed by atoms with van der Waals surface area (Å²) in [7, 11) is 0. The number of piperidine rings is 1. The molecule has 1 atom stereocenters. The lowest BCUT2D eigenvalue weighted by Gasteiger charge is -2.29. The number of hydrogen-bond donors (Lipinski definition) is 0. The number of aryl methyl sites for hydroxylation is 1. The molecule has 2 aromatic carbocycles. The molecule has 30 heavy (non-hydrogen) atoms. The summed E-state index contributed by atoms with van der Waals surface area (Å²) in [6.45, 7) is 3.80. The molecule has 4 nitrogen and oxygen atoms in total. The third-order valence-corrected chi connectivity index (χ3v) is 5.83. The maximum Gasteiger partial charge on any atom is 0.0991 e. The van der Waals surface area contributed by atoms with Crippen LogP contribution < -0.4 is 4.90 Å². The molecule has 1 aliphatic heterocycles. The molecule has 1 fully saturated rings. The topological polar surface area (TPSA) is 44.3 Å². The van der Waals surface area contributed by atoms with Gasteiger partial charge in [0.15, 0.2) is 0 Å². The van der Waals surface area contributed by atoms with Crippen molar-refractivity contribution in [2.45, 2.75) is 26.2 Å². The minimum absolute atomic E-state index is 0.0495. The highest BCUT2D eigenvalue weighted by Gasteiger charge is 2.20. The summed E-state index contributed by atoms with van der Waals surface area (Å²) in [5.41, 5.74) is 8.33. The highest BCUT2D eigenvalue weighted by Crippen LogP contribution is 2.38. The Hall–Kier alpha value is -3.58. The van der Waals surface area contributed by atoms with Crippen LogP contribution in [0.25, 0.3) is 27.9 Å². The highest BCUT2D eigenvalue weighted by molar-refractivity contribution is 5.90. The van der Waals surface area contributed by atoms with Gasteiger partial charge < -0.3 is 4.90 Å². The first-order valence-corrected chi connectivity index (χ1v) is 10.4. The van der Waals surface area contributed by atoms with Crippen molar-refractivity contribution in [3.05, 3.63) is 78.0 Å². The van der Waals surface area contributed by atoms with E-state index in [4.69, 9.17) is 6.47 Å². The second kappa shape index (κ2) is 7.68. The van der Waals surface area contributed by atoms with E-state index in [9.17, 15) is 5.26 Å². The van der Waals surface area contributed by atoms with Gasteiger partial charge in [-0.15, -0.1) is 0 Å². The Morgan fingerprint density at radius 2 is 1.73 bits per heavy atom. The number of aromatic nitrogens is 2. The van der Waals surface area contributed by atoms with Crippen molar-refractivity contribution in [1.82, 2.24) is 9.61 Å². The first kappa shape index (κ1) is 17.3. The summed E-state index contributed by atoms with van der Waals surface area (Å²) in [5, 5.41) is 13.9. The molecule has 1 saturated heterocycles. The molecule has 148 valence electrons. The van der Waals surface area contributed by atoms with Crippen LogP contribution in [0.2, 0.25) is 0 Å². The van der Waals surface area contributed by atoms with Gasteiger partial charge in [0.25, 0.3) is 0 Å².